The van der Waals surface area contributed by atoms with Crippen LogP contribution < -0.4 is 16.0 Å². The van der Waals surface area contributed by atoms with Gasteiger partial charge in [0, 0.05) is 19.0 Å². The van der Waals surface area contributed by atoms with Crippen LogP contribution in [0.3, 0.4) is 0 Å². The van der Waals surface area contributed by atoms with Crippen molar-refractivity contribution in [1.82, 2.24) is 20.9 Å². The number of nitrogens with zero attached hydrogens (tertiary/aromatic N) is 1. The summed E-state index contributed by atoms with van der Waals surface area (Å²) in [5.74, 6) is -1.22. The Morgan fingerprint density at radius 3 is 2.22 bits per heavy atom. The van der Waals surface area contributed by atoms with Crippen molar-refractivity contribution in [3.63, 3.8) is 0 Å². The van der Waals surface area contributed by atoms with E-state index < -0.39 is 47.0 Å². The minimum absolute atomic E-state index is 0.0235. The van der Waals surface area contributed by atoms with Crippen LogP contribution in [0.25, 0.3) is 0 Å². The molecule has 0 aromatic carbocycles. The number of hydrogen-bond donors (Lipinski definition) is 4. The molecule has 1 aliphatic heterocycles. The first-order chi connectivity index (χ1) is 17.1. The summed E-state index contributed by atoms with van der Waals surface area (Å²) >= 11 is 0. The van der Waals surface area contributed by atoms with E-state index in [1.165, 1.54) is 4.90 Å². The minimum atomic E-state index is -0.987. The Hall–Kier alpha value is -2.52. The second kappa shape index (κ2) is 10.7. The number of likely N-dealkylation sites (tertiary alicyclic amines) is 1. The molecule has 0 aromatic heterocycles. The van der Waals surface area contributed by atoms with E-state index in [1.807, 2.05) is 27.7 Å². The molecule has 4 N–H and O–H groups in total. The number of urea groups is 1. The number of carboxylic acid groups (broad SMARTS) is 1. The van der Waals surface area contributed by atoms with Gasteiger partial charge in [-0.1, -0.05) is 60.8 Å². The molecule has 10 nitrogen and oxygen atoms in total. The summed E-state index contributed by atoms with van der Waals surface area (Å²) in [7, 11) is 0. The Kier molecular flexibility index (Phi) is 8.39. The Balaban J connectivity index is 1.78. The van der Waals surface area contributed by atoms with Crippen LogP contribution in [0.15, 0.2) is 0 Å². The van der Waals surface area contributed by atoms with E-state index >= 15 is 0 Å². The summed E-state index contributed by atoms with van der Waals surface area (Å²) < 4.78 is 5.29. The molecule has 4 amide bonds. The van der Waals surface area contributed by atoms with E-state index in [4.69, 9.17) is 4.74 Å². The van der Waals surface area contributed by atoms with E-state index in [9.17, 15) is 24.3 Å². The summed E-state index contributed by atoms with van der Waals surface area (Å²) in [5.41, 5.74) is -1.00. The number of fused-ring (bicyclic) bond motifs is 1. The number of aliphatic carboxylic acids is 1. The number of carbonyl (C=O) groups is 4. The van der Waals surface area contributed by atoms with Gasteiger partial charge in [-0.25, -0.2) is 14.4 Å². The molecule has 3 aliphatic rings. The van der Waals surface area contributed by atoms with Gasteiger partial charge in [0.1, 0.15) is 18.7 Å². The lowest BCUT2D eigenvalue weighted by atomic mass is 9.70. The molecule has 3 fully saturated rings. The summed E-state index contributed by atoms with van der Waals surface area (Å²) in [5, 5.41) is 18.4. The van der Waals surface area contributed by atoms with Gasteiger partial charge in [-0.3, -0.25) is 4.79 Å². The van der Waals surface area contributed by atoms with Crippen LogP contribution in [0, 0.1) is 28.1 Å². The Labute approximate surface area is 220 Å². The lowest BCUT2D eigenvalue weighted by Gasteiger charge is -2.43. The summed E-state index contributed by atoms with van der Waals surface area (Å²) in [6.07, 6.45) is 3.97. The second-order valence-electron chi connectivity index (χ2n) is 13.0. The van der Waals surface area contributed by atoms with Crippen molar-refractivity contribution in [3.05, 3.63) is 0 Å². The van der Waals surface area contributed by atoms with Gasteiger partial charge in [0.25, 0.3) is 0 Å². The molecule has 10 heteroatoms. The molecule has 1 saturated heterocycles. The van der Waals surface area contributed by atoms with Crippen molar-refractivity contribution in [2.24, 2.45) is 28.1 Å². The number of nitrogens with one attached hydrogen (secondary N) is 3. The molecule has 0 bridgehead atoms. The third-order valence-electron chi connectivity index (χ3n) is 9.01. The van der Waals surface area contributed by atoms with Crippen LogP contribution in [0.5, 0.6) is 0 Å². The van der Waals surface area contributed by atoms with Gasteiger partial charge in [0.05, 0.1) is 6.04 Å². The fourth-order valence-electron chi connectivity index (χ4n) is 6.34. The Morgan fingerprint density at radius 2 is 1.68 bits per heavy atom. The standard InChI is InChI=1S/C27H46N4O6/c1-8-28-24(36)37-15-17(25(2,3)4)29-23(35)30-20(27(7)12-10-9-11-13-27)21(32)31-14-16-18(26(16,5)6)19(31)22(33)34/h16-20H,8-15H2,1-7H3,(H,28,36)(H,33,34)(H2,29,30,35)/t16-,17+,18-,19-,20+/m0/s1. The molecular formula is C27H46N4O6. The van der Waals surface area contributed by atoms with Gasteiger partial charge in [0.2, 0.25) is 5.91 Å². The smallest absolute Gasteiger partial charge is 0.407 e. The summed E-state index contributed by atoms with van der Waals surface area (Å²) in [6.45, 7) is 14.5. The third kappa shape index (κ3) is 6.14. The molecule has 3 rings (SSSR count). The first-order valence-electron chi connectivity index (χ1n) is 13.6. The van der Waals surface area contributed by atoms with Crippen LogP contribution in [0.2, 0.25) is 0 Å². The molecule has 0 radical (unpaired) electrons. The molecule has 0 aromatic rings. The lowest BCUT2D eigenvalue weighted by Crippen LogP contribution is -2.62. The van der Waals surface area contributed by atoms with E-state index in [1.54, 1.807) is 6.92 Å². The van der Waals surface area contributed by atoms with Crippen LogP contribution in [-0.4, -0.2) is 71.8 Å². The number of rotatable bonds is 8. The van der Waals surface area contributed by atoms with Crippen LogP contribution >= 0.6 is 0 Å². The fourth-order valence-corrected chi connectivity index (χ4v) is 6.34. The number of carbonyl (C=O) groups excluding carboxylic acids is 3. The van der Waals surface area contributed by atoms with Gasteiger partial charge < -0.3 is 30.7 Å². The minimum Gasteiger partial charge on any atom is -0.480 e. The van der Waals surface area contributed by atoms with Crippen molar-refractivity contribution < 1.29 is 29.0 Å². The Morgan fingerprint density at radius 1 is 1.05 bits per heavy atom. The monoisotopic (exact) mass is 522 g/mol. The summed E-state index contributed by atoms with van der Waals surface area (Å²) in [4.78, 5) is 52.9. The van der Waals surface area contributed by atoms with E-state index in [2.05, 4.69) is 29.8 Å². The largest absolute Gasteiger partial charge is 0.480 e. The molecular weight excluding hydrogens is 476 g/mol. The van der Waals surface area contributed by atoms with Crippen LogP contribution in [0.1, 0.15) is 80.6 Å². The van der Waals surface area contributed by atoms with Crippen molar-refractivity contribution in [2.75, 3.05) is 19.7 Å². The molecule has 37 heavy (non-hydrogen) atoms. The maximum absolute atomic E-state index is 14.0. The molecule has 2 saturated carbocycles. The predicted molar refractivity (Wildman–Crippen MR) is 139 cm³/mol. The first-order valence-corrected chi connectivity index (χ1v) is 13.6. The molecule has 0 unspecified atom stereocenters. The van der Waals surface area contributed by atoms with Gasteiger partial charge in [-0.05, 0) is 41.9 Å². The van der Waals surface area contributed by atoms with Crippen molar-refractivity contribution >= 4 is 24.0 Å². The highest BCUT2D eigenvalue weighted by Crippen LogP contribution is 2.65. The SMILES string of the molecule is CCNC(=O)OC[C@@H](NC(=O)N[C@H](C(=O)N1C[C@H]2[C@@H]([C@H]1C(=O)O)C2(C)C)C1(C)CCCCC1)C(C)(C)C. The molecule has 5 atom stereocenters. The zero-order valence-corrected chi connectivity index (χ0v) is 23.5. The number of ether oxygens (including phenoxy) is 1. The van der Waals surface area contributed by atoms with E-state index in [0.29, 0.717) is 13.1 Å². The number of piperidine rings is 1. The van der Waals surface area contributed by atoms with E-state index in [-0.39, 0.29) is 29.8 Å². The molecule has 210 valence electrons. The van der Waals surface area contributed by atoms with Gasteiger partial charge in [-0.2, -0.15) is 0 Å². The van der Waals surface area contributed by atoms with Crippen LogP contribution in [-0.2, 0) is 14.3 Å². The summed E-state index contributed by atoms with van der Waals surface area (Å²) in [6, 6.07) is -2.75. The maximum Gasteiger partial charge on any atom is 0.407 e. The number of carboxylic acids is 1. The number of amides is 4. The fraction of sp³-hybridized carbons (Fsp3) is 0.852. The van der Waals surface area contributed by atoms with E-state index in [0.717, 1.165) is 32.1 Å². The molecule has 0 spiro atoms. The highest BCUT2D eigenvalue weighted by molar-refractivity contribution is 5.92. The molecule has 2 aliphatic carbocycles. The predicted octanol–water partition coefficient (Wildman–Crippen LogP) is 3.35. The quantitative estimate of drug-likeness (QED) is 0.386. The number of alkyl carbamates (subject to hydrolysis) is 1. The zero-order valence-electron chi connectivity index (χ0n) is 23.5. The number of hydrogen-bond acceptors (Lipinski definition) is 5. The zero-order chi connectivity index (χ0) is 27.8. The highest BCUT2D eigenvalue weighted by atomic mass is 16.5. The highest BCUT2D eigenvalue weighted by Gasteiger charge is 2.70. The second-order valence-corrected chi connectivity index (χ2v) is 13.0. The topological polar surface area (TPSA) is 137 Å². The van der Waals surface area contributed by atoms with Gasteiger partial charge in [0.15, 0.2) is 0 Å². The van der Waals surface area contributed by atoms with Crippen molar-refractivity contribution in [3.8, 4) is 0 Å². The first kappa shape index (κ1) is 29.0. The normalized spacial score (nSPS) is 27.3. The third-order valence-corrected chi connectivity index (χ3v) is 9.01. The molecule has 1 heterocycles. The van der Waals surface area contributed by atoms with Gasteiger partial charge in [-0.15, -0.1) is 0 Å². The van der Waals surface area contributed by atoms with Crippen LogP contribution in [0.4, 0.5) is 9.59 Å². The lowest BCUT2D eigenvalue weighted by molar-refractivity contribution is -0.152. The van der Waals surface area contributed by atoms with Gasteiger partial charge >= 0.3 is 18.1 Å². The average Bonchev–Trinajstić information content (AvgIpc) is 3.13. The average molecular weight is 523 g/mol. The van der Waals surface area contributed by atoms with Crippen molar-refractivity contribution in [2.45, 2.75) is 98.7 Å². The maximum atomic E-state index is 14.0. The van der Waals surface area contributed by atoms with Crippen molar-refractivity contribution in [1.29, 1.82) is 0 Å². The Bertz CT molecular complexity index is 892.